The molecule has 2 aromatic rings. The van der Waals surface area contributed by atoms with Gasteiger partial charge in [0.2, 0.25) is 5.91 Å². The monoisotopic (exact) mass is 369 g/mol. The highest BCUT2D eigenvalue weighted by molar-refractivity contribution is 6.10. The summed E-state index contributed by atoms with van der Waals surface area (Å²) in [7, 11) is 0. The van der Waals surface area contributed by atoms with Gasteiger partial charge in [0.15, 0.2) is 0 Å². The number of carbonyl (C=O) groups is 2. The SMILES string of the molecule is CC(C)C(C(=O)N1CC(C)(C#N)C1)N1Cc2c(F)cnc3[nH]cc(c23)C1=O. The molecule has 1 atom stereocenters. The van der Waals surface area contributed by atoms with Gasteiger partial charge in [0.25, 0.3) is 5.91 Å². The minimum Gasteiger partial charge on any atom is -0.345 e. The summed E-state index contributed by atoms with van der Waals surface area (Å²) in [6, 6.07) is 1.50. The zero-order valence-electron chi connectivity index (χ0n) is 15.4. The number of amides is 2. The van der Waals surface area contributed by atoms with Crippen molar-refractivity contribution in [2.24, 2.45) is 11.3 Å². The Morgan fingerprint density at radius 3 is 2.78 bits per heavy atom. The third-order valence-corrected chi connectivity index (χ3v) is 5.46. The van der Waals surface area contributed by atoms with E-state index in [1.165, 1.54) is 11.1 Å². The predicted octanol–water partition coefficient (Wildman–Crippen LogP) is 2.05. The van der Waals surface area contributed by atoms with E-state index < -0.39 is 17.3 Å². The zero-order valence-corrected chi connectivity index (χ0v) is 15.4. The average Bonchev–Trinajstić information content (AvgIpc) is 3.03. The van der Waals surface area contributed by atoms with Gasteiger partial charge in [0.1, 0.15) is 17.5 Å². The van der Waals surface area contributed by atoms with Gasteiger partial charge < -0.3 is 14.8 Å². The molecule has 4 heterocycles. The maximum absolute atomic E-state index is 14.4. The van der Waals surface area contributed by atoms with Crippen molar-refractivity contribution < 1.29 is 14.0 Å². The fraction of sp³-hybridized carbons (Fsp3) is 0.474. The van der Waals surface area contributed by atoms with E-state index in [1.807, 2.05) is 20.8 Å². The first-order chi connectivity index (χ1) is 12.8. The standard InChI is InChI=1S/C19H20FN5O2/c1-10(2)15(18(27)24-8-19(3,7-21)9-24)25-6-12-13(20)5-23-16-14(12)11(4-22-16)17(25)26/h4-5,10,15H,6,8-9H2,1-3H3,(H,22,23). The molecule has 2 amide bonds. The molecule has 2 aliphatic heterocycles. The molecular formula is C19H20FN5O2. The van der Waals surface area contributed by atoms with Crippen LogP contribution in [0.1, 0.15) is 36.7 Å². The molecule has 7 nitrogen and oxygen atoms in total. The number of halogens is 1. The first-order valence-corrected chi connectivity index (χ1v) is 8.91. The quantitative estimate of drug-likeness (QED) is 0.896. The van der Waals surface area contributed by atoms with Crippen LogP contribution in [-0.4, -0.2) is 50.7 Å². The van der Waals surface area contributed by atoms with Crippen molar-refractivity contribution in [3.05, 3.63) is 29.3 Å². The molecule has 1 saturated heterocycles. The summed E-state index contributed by atoms with van der Waals surface area (Å²) in [5.74, 6) is -1.15. The molecule has 1 unspecified atom stereocenters. The summed E-state index contributed by atoms with van der Waals surface area (Å²) in [6.07, 6.45) is 2.65. The van der Waals surface area contributed by atoms with Crippen LogP contribution in [0.4, 0.5) is 4.39 Å². The third-order valence-electron chi connectivity index (χ3n) is 5.46. The topological polar surface area (TPSA) is 93.1 Å². The van der Waals surface area contributed by atoms with Crippen LogP contribution < -0.4 is 0 Å². The number of likely N-dealkylation sites (tertiary alicyclic amines) is 1. The van der Waals surface area contributed by atoms with E-state index in [0.717, 1.165) is 6.20 Å². The number of aromatic nitrogens is 2. The number of nitrogens with one attached hydrogen (secondary N) is 1. The molecule has 1 fully saturated rings. The number of hydrogen-bond acceptors (Lipinski definition) is 4. The smallest absolute Gasteiger partial charge is 0.257 e. The maximum Gasteiger partial charge on any atom is 0.257 e. The summed E-state index contributed by atoms with van der Waals surface area (Å²) >= 11 is 0. The van der Waals surface area contributed by atoms with Gasteiger partial charge in [-0.1, -0.05) is 13.8 Å². The van der Waals surface area contributed by atoms with Gasteiger partial charge in [-0.25, -0.2) is 9.37 Å². The molecule has 0 saturated carbocycles. The summed E-state index contributed by atoms with van der Waals surface area (Å²) in [5, 5.41) is 9.67. The Kier molecular flexibility index (Phi) is 3.74. The lowest BCUT2D eigenvalue weighted by molar-refractivity contribution is -0.146. The highest BCUT2D eigenvalue weighted by Crippen LogP contribution is 2.35. The fourth-order valence-corrected chi connectivity index (χ4v) is 4.07. The summed E-state index contributed by atoms with van der Waals surface area (Å²) in [5.41, 5.74) is 0.636. The Bertz CT molecular complexity index is 999. The molecule has 1 N–H and O–H groups in total. The summed E-state index contributed by atoms with van der Waals surface area (Å²) < 4.78 is 14.4. The molecule has 2 aromatic heterocycles. The fourth-order valence-electron chi connectivity index (χ4n) is 4.07. The molecule has 4 rings (SSSR count). The van der Waals surface area contributed by atoms with Crippen molar-refractivity contribution in [3.63, 3.8) is 0 Å². The van der Waals surface area contributed by atoms with E-state index in [-0.39, 0.29) is 24.3 Å². The molecule has 8 heteroatoms. The molecule has 0 aromatic carbocycles. The van der Waals surface area contributed by atoms with Crippen LogP contribution in [0.3, 0.4) is 0 Å². The van der Waals surface area contributed by atoms with Crippen molar-refractivity contribution in [1.29, 1.82) is 5.26 Å². The van der Waals surface area contributed by atoms with Gasteiger partial charge in [-0.2, -0.15) is 5.26 Å². The van der Waals surface area contributed by atoms with Crippen LogP contribution >= 0.6 is 0 Å². The molecule has 27 heavy (non-hydrogen) atoms. The largest absolute Gasteiger partial charge is 0.345 e. The van der Waals surface area contributed by atoms with Crippen LogP contribution in [0, 0.1) is 28.5 Å². The number of nitrogens with zero attached hydrogens (tertiary/aromatic N) is 4. The molecule has 0 spiro atoms. The number of rotatable bonds is 3. The Morgan fingerprint density at radius 2 is 2.15 bits per heavy atom. The number of nitriles is 1. The van der Waals surface area contributed by atoms with E-state index in [4.69, 9.17) is 0 Å². The average molecular weight is 369 g/mol. The lowest BCUT2D eigenvalue weighted by Crippen LogP contribution is -2.62. The van der Waals surface area contributed by atoms with Crippen molar-refractivity contribution >= 4 is 22.8 Å². The van der Waals surface area contributed by atoms with Crippen LogP contribution in [0.25, 0.3) is 11.0 Å². The van der Waals surface area contributed by atoms with Gasteiger partial charge in [-0.05, 0) is 12.8 Å². The Hall–Kier alpha value is -2.95. The number of aromatic amines is 1. The molecule has 2 aliphatic rings. The Morgan fingerprint density at radius 1 is 1.44 bits per heavy atom. The summed E-state index contributed by atoms with van der Waals surface area (Å²) in [4.78, 5) is 36.1. The second-order valence-electron chi connectivity index (χ2n) is 8.00. The molecule has 140 valence electrons. The molecule has 0 aliphatic carbocycles. The number of hydrogen-bond donors (Lipinski definition) is 1. The van der Waals surface area contributed by atoms with E-state index in [1.54, 1.807) is 4.90 Å². The molecule has 0 bridgehead atoms. The predicted molar refractivity (Wildman–Crippen MR) is 94.9 cm³/mol. The lowest BCUT2D eigenvalue weighted by Gasteiger charge is -2.47. The zero-order chi connectivity index (χ0) is 19.5. The third kappa shape index (κ3) is 2.49. The number of pyridine rings is 1. The maximum atomic E-state index is 14.4. The van der Waals surface area contributed by atoms with Gasteiger partial charge >= 0.3 is 0 Å². The van der Waals surface area contributed by atoms with Crippen LogP contribution in [-0.2, 0) is 11.3 Å². The van der Waals surface area contributed by atoms with E-state index in [9.17, 15) is 19.2 Å². The van der Waals surface area contributed by atoms with Crippen molar-refractivity contribution in [2.75, 3.05) is 13.1 Å². The Balaban J connectivity index is 1.69. The van der Waals surface area contributed by atoms with Crippen molar-refractivity contribution in [3.8, 4) is 6.07 Å². The van der Waals surface area contributed by atoms with Crippen molar-refractivity contribution in [1.82, 2.24) is 19.8 Å². The lowest BCUT2D eigenvalue weighted by atomic mass is 9.82. The summed E-state index contributed by atoms with van der Waals surface area (Å²) in [6.45, 7) is 6.25. The second kappa shape index (κ2) is 5.78. The first kappa shape index (κ1) is 17.5. The highest BCUT2D eigenvalue weighted by Gasteiger charge is 2.47. The Labute approximate surface area is 155 Å². The van der Waals surface area contributed by atoms with Gasteiger partial charge in [0, 0.05) is 30.2 Å². The van der Waals surface area contributed by atoms with Gasteiger partial charge in [-0.3, -0.25) is 9.59 Å². The van der Waals surface area contributed by atoms with Crippen LogP contribution in [0.2, 0.25) is 0 Å². The van der Waals surface area contributed by atoms with E-state index in [0.29, 0.717) is 35.2 Å². The van der Waals surface area contributed by atoms with Crippen LogP contribution in [0.15, 0.2) is 12.4 Å². The van der Waals surface area contributed by atoms with E-state index in [2.05, 4.69) is 16.0 Å². The minimum atomic E-state index is -0.716. The number of H-pyrrole nitrogens is 1. The van der Waals surface area contributed by atoms with E-state index >= 15 is 0 Å². The molecule has 0 radical (unpaired) electrons. The normalized spacial score (nSPS) is 19.2. The number of carbonyl (C=O) groups excluding carboxylic acids is 2. The van der Waals surface area contributed by atoms with Crippen LogP contribution in [0.5, 0.6) is 0 Å². The van der Waals surface area contributed by atoms with Crippen molar-refractivity contribution in [2.45, 2.75) is 33.4 Å². The van der Waals surface area contributed by atoms with Gasteiger partial charge in [-0.15, -0.1) is 0 Å². The first-order valence-electron chi connectivity index (χ1n) is 8.91. The van der Waals surface area contributed by atoms with Gasteiger partial charge in [0.05, 0.1) is 29.8 Å². The molecular weight excluding hydrogens is 349 g/mol. The second-order valence-corrected chi connectivity index (χ2v) is 8.00. The minimum absolute atomic E-state index is 0.0203. The highest BCUT2D eigenvalue weighted by atomic mass is 19.1.